The van der Waals surface area contributed by atoms with Gasteiger partial charge >= 0.3 is 0 Å². The van der Waals surface area contributed by atoms with Crippen LogP contribution < -0.4 is 4.90 Å². The minimum atomic E-state index is 0.269. The fraction of sp³-hybridized carbons (Fsp3) is 0.273. The van der Waals surface area contributed by atoms with Gasteiger partial charge in [-0.3, -0.25) is 9.97 Å². The summed E-state index contributed by atoms with van der Waals surface area (Å²) in [5.41, 5.74) is 3.84. The third kappa shape index (κ3) is 3.05. The lowest BCUT2D eigenvalue weighted by atomic mass is 10.2. The van der Waals surface area contributed by atoms with Crippen molar-refractivity contribution in [2.75, 3.05) is 31.2 Å². The standard InChI is InChI=1S/C22H22N4O2/c27-22-21-19(23-9-7-20(21)25-11-13-28-14-12-25)15-26(22)10-8-17-6-5-16-3-1-2-4-18(16)24-17/h1-7,9,15,27H,8,10-14H2. The smallest absolute Gasteiger partial charge is 0.202 e. The van der Waals surface area contributed by atoms with E-state index in [1.165, 1.54) is 0 Å². The van der Waals surface area contributed by atoms with E-state index in [9.17, 15) is 5.11 Å². The van der Waals surface area contributed by atoms with E-state index in [2.05, 4.69) is 28.1 Å². The normalized spacial score (nSPS) is 14.8. The summed E-state index contributed by atoms with van der Waals surface area (Å²) in [6, 6.07) is 14.2. The highest BCUT2D eigenvalue weighted by Crippen LogP contribution is 2.35. The van der Waals surface area contributed by atoms with E-state index in [-0.39, 0.29) is 5.88 Å². The van der Waals surface area contributed by atoms with Crippen LogP contribution in [-0.4, -0.2) is 45.9 Å². The molecule has 0 bridgehead atoms. The molecule has 1 aromatic carbocycles. The first-order valence-corrected chi connectivity index (χ1v) is 9.64. The molecule has 1 saturated heterocycles. The number of hydrogen-bond donors (Lipinski definition) is 1. The van der Waals surface area contributed by atoms with Crippen LogP contribution in [0.2, 0.25) is 0 Å². The number of fused-ring (bicyclic) bond motifs is 2. The van der Waals surface area contributed by atoms with Gasteiger partial charge in [-0.2, -0.15) is 0 Å². The predicted octanol–water partition coefficient (Wildman–Crippen LogP) is 3.37. The van der Waals surface area contributed by atoms with Gasteiger partial charge in [0.15, 0.2) is 0 Å². The number of pyridine rings is 2. The zero-order chi connectivity index (χ0) is 18.9. The maximum atomic E-state index is 10.9. The highest BCUT2D eigenvalue weighted by molar-refractivity contribution is 5.96. The summed E-state index contributed by atoms with van der Waals surface area (Å²) in [5, 5.41) is 12.9. The number of anilines is 1. The van der Waals surface area contributed by atoms with E-state index >= 15 is 0 Å². The number of para-hydroxylation sites is 1. The Bertz CT molecular complexity index is 1130. The molecule has 0 radical (unpaired) electrons. The Morgan fingerprint density at radius 1 is 1.00 bits per heavy atom. The van der Waals surface area contributed by atoms with Crippen LogP contribution in [0, 0.1) is 0 Å². The van der Waals surface area contributed by atoms with Gasteiger partial charge in [-0.25, -0.2) is 0 Å². The number of benzene rings is 1. The van der Waals surface area contributed by atoms with Gasteiger partial charge in [0.2, 0.25) is 5.88 Å². The fourth-order valence-electron chi connectivity index (χ4n) is 3.87. The van der Waals surface area contributed by atoms with Crippen molar-refractivity contribution >= 4 is 27.5 Å². The van der Waals surface area contributed by atoms with Gasteiger partial charge in [-0.05, 0) is 18.2 Å². The molecule has 1 N–H and O–H groups in total. The third-order valence-electron chi connectivity index (χ3n) is 5.35. The van der Waals surface area contributed by atoms with Crippen molar-refractivity contribution in [1.82, 2.24) is 14.5 Å². The van der Waals surface area contributed by atoms with Crippen molar-refractivity contribution in [2.45, 2.75) is 13.0 Å². The average molecular weight is 374 g/mol. The monoisotopic (exact) mass is 374 g/mol. The molecule has 4 heterocycles. The van der Waals surface area contributed by atoms with Gasteiger partial charge in [-0.15, -0.1) is 0 Å². The van der Waals surface area contributed by atoms with E-state index in [4.69, 9.17) is 9.72 Å². The predicted molar refractivity (Wildman–Crippen MR) is 110 cm³/mol. The maximum Gasteiger partial charge on any atom is 0.202 e. The van der Waals surface area contributed by atoms with Crippen molar-refractivity contribution in [1.29, 1.82) is 0 Å². The van der Waals surface area contributed by atoms with Crippen LogP contribution in [0.15, 0.2) is 54.9 Å². The molecule has 142 valence electrons. The van der Waals surface area contributed by atoms with Crippen molar-refractivity contribution in [3.8, 4) is 5.88 Å². The number of morpholine rings is 1. The summed E-state index contributed by atoms with van der Waals surface area (Å²) in [6.45, 7) is 3.71. The Balaban J connectivity index is 1.43. The molecule has 0 spiro atoms. The molecular formula is C22H22N4O2. The average Bonchev–Trinajstić information content (AvgIpc) is 3.08. The van der Waals surface area contributed by atoms with E-state index < -0.39 is 0 Å². The molecule has 0 unspecified atom stereocenters. The van der Waals surface area contributed by atoms with Crippen molar-refractivity contribution in [2.24, 2.45) is 0 Å². The molecule has 3 aromatic heterocycles. The maximum absolute atomic E-state index is 10.9. The number of hydrogen-bond acceptors (Lipinski definition) is 5. The summed E-state index contributed by atoms with van der Waals surface area (Å²) in [6.07, 6.45) is 4.48. The van der Waals surface area contributed by atoms with Crippen LogP contribution in [0.1, 0.15) is 5.69 Å². The molecule has 1 aliphatic rings. The van der Waals surface area contributed by atoms with Crippen LogP contribution >= 0.6 is 0 Å². The number of aromatic hydroxyl groups is 1. The Hall–Kier alpha value is -3.12. The lowest BCUT2D eigenvalue weighted by molar-refractivity contribution is 0.123. The second kappa shape index (κ2) is 7.13. The number of nitrogens with zero attached hydrogens (tertiary/aromatic N) is 4. The lowest BCUT2D eigenvalue weighted by Crippen LogP contribution is -2.36. The van der Waals surface area contributed by atoms with Crippen LogP contribution in [0.3, 0.4) is 0 Å². The molecular weight excluding hydrogens is 352 g/mol. The molecule has 6 heteroatoms. The Kier molecular flexibility index (Phi) is 4.33. The van der Waals surface area contributed by atoms with Crippen molar-refractivity contribution < 1.29 is 9.84 Å². The fourth-order valence-corrected chi connectivity index (χ4v) is 3.87. The van der Waals surface area contributed by atoms with Gasteiger partial charge in [0, 0.05) is 49.5 Å². The SMILES string of the molecule is Oc1c2c(N3CCOCC3)ccnc2cn1CCc1ccc2ccccc2n1. The minimum absolute atomic E-state index is 0.269. The van der Waals surface area contributed by atoms with E-state index in [0.717, 1.165) is 52.7 Å². The molecule has 0 aliphatic carbocycles. The molecule has 0 saturated carbocycles. The van der Waals surface area contributed by atoms with Crippen LogP contribution in [0.4, 0.5) is 5.69 Å². The molecule has 0 amide bonds. The first-order chi connectivity index (χ1) is 13.8. The summed E-state index contributed by atoms with van der Waals surface area (Å²) >= 11 is 0. The molecule has 5 rings (SSSR count). The van der Waals surface area contributed by atoms with E-state index in [0.29, 0.717) is 19.8 Å². The number of ether oxygens (including phenoxy) is 1. The lowest BCUT2D eigenvalue weighted by Gasteiger charge is -2.29. The topological polar surface area (TPSA) is 63.4 Å². The van der Waals surface area contributed by atoms with Gasteiger partial charge in [-0.1, -0.05) is 24.3 Å². The first kappa shape index (κ1) is 17.0. The third-order valence-corrected chi connectivity index (χ3v) is 5.35. The largest absolute Gasteiger partial charge is 0.494 e. The van der Waals surface area contributed by atoms with Crippen molar-refractivity contribution in [3.63, 3.8) is 0 Å². The summed E-state index contributed by atoms with van der Waals surface area (Å²) in [5.74, 6) is 0.269. The summed E-state index contributed by atoms with van der Waals surface area (Å²) in [4.78, 5) is 11.4. The van der Waals surface area contributed by atoms with Gasteiger partial charge in [0.25, 0.3) is 0 Å². The Labute approximate surface area is 163 Å². The quantitative estimate of drug-likeness (QED) is 0.593. The van der Waals surface area contributed by atoms with Gasteiger partial charge in [0.05, 0.1) is 35.3 Å². The van der Waals surface area contributed by atoms with Crippen LogP contribution in [0.5, 0.6) is 5.88 Å². The molecule has 28 heavy (non-hydrogen) atoms. The zero-order valence-electron chi connectivity index (χ0n) is 15.6. The van der Waals surface area contributed by atoms with Crippen LogP contribution in [0.25, 0.3) is 21.8 Å². The molecule has 6 nitrogen and oxygen atoms in total. The molecule has 4 aromatic rings. The number of rotatable bonds is 4. The van der Waals surface area contributed by atoms with Gasteiger partial charge in [0.1, 0.15) is 0 Å². The molecule has 1 aliphatic heterocycles. The Morgan fingerprint density at radius 2 is 1.86 bits per heavy atom. The van der Waals surface area contributed by atoms with Gasteiger partial charge < -0.3 is 19.3 Å². The number of aromatic nitrogens is 3. The van der Waals surface area contributed by atoms with E-state index in [1.807, 2.05) is 41.2 Å². The first-order valence-electron chi connectivity index (χ1n) is 9.64. The second-order valence-electron chi connectivity index (χ2n) is 7.08. The van der Waals surface area contributed by atoms with Crippen LogP contribution in [-0.2, 0) is 17.7 Å². The number of aryl methyl sites for hydroxylation is 2. The highest BCUT2D eigenvalue weighted by Gasteiger charge is 2.19. The molecule has 0 atom stereocenters. The second-order valence-corrected chi connectivity index (χ2v) is 7.08. The Morgan fingerprint density at radius 3 is 2.75 bits per heavy atom. The van der Waals surface area contributed by atoms with Crippen molar-refractivity contribution in [3.05, 3.63) is 60.6 Å². The van der Waals surface area contributed by atoms with E-state index in [1.54, 1.807) is 0 Å². The zero-order valence-corrected chi connectivity index (χ0v) is 15.6. The highest BCUT2D eigenvalue weighted by atomic mass is 16.5. The summed E-state index contributed by atoms with van der Waals surface area (Å²) in [7, 11) is 0. The molecule has 1 fully saturated rings. The summed E-state index contributed by atoms with van der Waals surface area (Å²) < 4.78 is 7.33. The minimum Gasteiger partial charge on any atom is -0.494 e.